The van der Waals surface area contributed by atoms with Crippen LogP contribution in [0.4, 0.5) is 0 Å². The molecule has 0 spiro atoms. The fourth-order valence-electron chi connectivity index (χ4n) is 3.59. The Kier molecular flexibility index (Phi) is 2.68. The van der Waals surface area contributed by atoms with Crippen molar-refractivity contribution in [3.05, 3.63) is 53.1 Å². The van der Waals surface area contributed by atoms with Crippen molar-refractivity contribution in [3.63, 3.8) is 0 Å². The predicted octanol–water partition coefficient (Wildman–Crippen LogP) is 3.00. The standard InChI is InChI=1S/C19H13N3O3/c1-24-10-3-4-14-13(9-10)11-5-7-20-16-12-6-8-21-18(25-2)15(12)19(23)22(14)17(11)16/h3-9H,1-2H3. The number of ether oxygens (including phenoxy) is 2. The summed E-state index contributed by atoms with van der Waals surface area (Å²) in [5, 5.41) is 3.09. The molecule has 4 heterocycles. The van der Waals surface area contributed by atoms with Gasteiger partial charge in [0.1, 0.15) is 11.1 Å². The quantitative estimate of drug-likeness (QED) is 0.465. The molecule has 0 aliphatic carbocycles. The Balaban J connectivity index is 2.18. The summed E-state index contributed by atoms with van der Waals surface area (Å²) >= 11 is 0. The molecule has 0 bridgehead atoms. The minimum absolute atomic E-state index is 0.161. The van der Waals surface area contributed by atoms with Gasteiger partial charge in [0.15, 0.2) is 0 Å². The topological polar surface area (TPSA) is 65.7 Å². The molecule has 0 fully saturated rings. The highest BCUT2D eigenvalue weighted by molar-refractivity contribution is 6.19. The van der Waals surface area contributed by atoms with Crippen molar-refractivity contribution in [1.82, 2.24) is 14.4 Å². The number of rotatable bonds is 2. The first kappa shape index (κ1) is 14.0. The van der Waals surface area contributed by atoms with Gasteiger partial charge in [-0.2, -0.15) is 0 Å². The van der Waals surface area contributed by atoms with Crippen LogP contribution >= 0.6 is 0 Å². The molecule has 0 saturated carbocycles. The number of pyridine rings is 3. The highest BCUT2D eigenvalue weighted by Crippen LogP contribution is 2.35. The Morgan fingerprint density at radius 3 is 2.52 bits per heavy atom. The average Bonchev–Trinajstić information content (AvgIpc) is 3.00. The largest absolute Gasteiger partial charge is 0.497 e. The van der Waals surface area contributed by atoms with E-state index in [1.54, 1.807) is 30.0 Å². The normalized spacial score (nSPS) is 11.8. The first-order valence-corrected chi connectivity index (χ1v) is 7.80. The molecule has 5 aromatic rings. The second-order valence-corrected chi connectivity index (χ2v) is 5.82. The second kappa shape index (κ2) is 4.80. The summed E-state index contributed by atoms with van der Waals surface area (Å²) in [6, 6.07) is 9.41. The number of benzene rings is 1. The van der Waals surface area contributed by atoms with Crippen LogP contribution in [0, 0.1) is 0 Å². The van der Waals surface area contributed by atoms with Gasteiger partial charge in [0.25, 0.3) is 5.56 Å². The van der Waals surface area contributed by atoms with Gasteiger partial charge in [-0.05, 0) is 30.3 Å². The summed E-state index contributed by atoms with van der Waals surface area (Å²) in [4.78, 5) is 22.0. The third kappa shape index (κ3) is 1.65. The first-order chi connectivity index (χ1) is 12.2. The fourth-order valence-corrected chi connectivity index (χ4v) is 3.59. The lowest BCUT2D eigenvalue weighted by Crippen LogP contribution is -2.14. The SMILES string of the molecule is COc1ccc2c(c1)c1ccnc3c4ccnc(OC)c4c(=O)n2c13. The predicted molar refractivity (Wildman–Crippen MR) is 96.1 cm³/mol. The van der Waals surface area contributed by atoms with E-state index in [2.05, 4.69) is 9.97 Å². The molecule has 0 aliphatic heterocycles. The minimum Gasteiger partial charge on any atom is -0.497 e. The highest BCUT2D eigenvalue weighted by Gasteiger charge is 2.20. The lowest BCUT2D eigenvalue weighted by atomic mass is 10.1. The van der Waals surface area contributed by atoms with E-state index in [0.29, 0.717) is 11.3 Å². The maximum atomic E-state index is 13.3. The summed E-state index contributed by atoms with van der Waals surface area (Å²) in [5.41, 5.74) is 2.21. The first-order valence-electron chi connectivity index (χ1n) is 7.80. The van der Waals surface area contributed by atoms with Crippen LogP contribution in [0.1, 0.15) is 0 Å². The van der Waals surface area contributed by atoms with Crippen LogP contribution < -0.4 is 15.0 Å². The number of hydrogen-bond donors (Lipinski definition) is 0. The van der Waals surface area contributed by atoms with Gasteiger partial charge in [0.05, 0.1) is 30.8 Å². The molecular weight excluding hydrogens is 318 g/mol. The molecule has 0 atom stereocenters. The van der Waals surface area contributed by atoms with Gasteiger partial charge in [-0.1, -0.05) is 0 Å². The van der Waals surface area contributed by atoms with Gasteiger partial charge in [-0.3, -0.25) is 14.2 Å². The molecule has 25 heavy (non-hydrogen) atoms. The van der Waals surface area contributed by atoms with Crippen LogP contribution in [0.3, 0.4) is 0 Å². The second-order valence-electron chi connectivity index (χ2n) is 5.82. The van der Waals surface area contributed by atoms with E-state index in [1.165, 1.54) is 7.11 Å². The van der Waals surface area contributed by atoms with Crippen molar-refractivity contribution < 1.29 is 9.47 Å². The third-order valence-electron chi connectivity index (χ3n) is 4.66. The van der Waals surface area contributed by atoms with E-state index in [1.807, 2.05) is 24.3 Å². The Labute approximate surface area is 141 Å². The molecule has 122 valence electrons. The smallest absolute Gasteiger partial charge is 0.269 e. The van der Waals surface area contributed by atoms with E-state index in [4.69, 9.17) is 9.47 Å². The van der Waals surface area contributed by atoms with Gasteiger partial charge < -0.3 is 9.47 Å². The summed E-state index contributed by atoms with van der Waals surface area (Å²) in [5.74, 6) is 1.05. The summed E-state index contributed by atoms with van der Waals surface area (Å²) < 4.78 is 12.4. The Morgan fingerprint density at radius 2 is 1.72 bits per heavy atom. The summed E-state index contributed by atoms with van der Waals surface area (Å²) in [6.07, 6.45) is 3.39. The summed E-state index contributed by atoms with van der Waals surface area (Å²) in [6.45, 7) is 0. The maximum Gasteiger partial charge on any atom is 0.269 e. The molecule has 0 radical (unpaired) electrons. The molecule has 6 heteroatoms. The Bertz CT molecular complexity index is 1340. The number of hydrogen-bond acceptors (Lipinski definition) is 5. The molecule has 0 saturated heterocycles. The van der Waals surface area contributed by atoms with Crippen LogP contribution in [0.5, 0.6) is 11.6 Å². The Hall–Kier alpha value is -3.41. The van der Waals surface area contributed by atoms with Crippen molar-refractivity contribution >= 4 is 38.1 Å². The molecular formula is C19H13N3O3. The van der Waals surface area contributed by atoms with E-state index in [-0.39, 0.29) is 5.56 Å². The van der Waals surface area contributed by atoms with Gasteiger partial charge in [-0.25, -0.2) is 4.98 Å². The minimum atomic E-state index is -0.161. The fraction of sp³-hybridized carbons (Fsp3) is 0.105. The van der Waals surface area contributed by atoms with Crippen LogP contribution in [0.25, 0.3) is 38.1 Å². The summed E-state index contributed by atoms with van der Waals surface area (Å²) in [7, 11) is 3.14. The molecule has 0 aliphatic rings. The molecule has 5 rings (SSSR count). The molecule has 1 aromatic carbocycles. The zero-order valence-electron chi connectivity index (χ0n) is 13.6. The highest BCUT2D eigenvalue weighted by atomic mass is 16.5. The number of methoxy groups -OCH3 is 2. The zero-order chi connectivity index (χ0) is 17.1. The lowest BCUT2D eigenvalue weighted by Gasteiger charge is -2.07. The van der Waals surface area contributed by atoms with E-state index in [0.717, 1.165) is 38.5 Å². The third-order valence-corrected chi connectivity index (χ3v) is 4.66. The lowest BCUT2D eigenvalue weighted by molar-refractivity contribution is 0.403. The van der Waals surface area contributed by atoms with Crippen LogP contribution in [0.2, 0.25) is 0 Å². The molecule has 0 unspecified atom stereocenters. The number of nitrogens with zero attached hydrogens (tertiary/aromatic N) is 3. The van der Waals surface area contributed by atoms with Gasteiger partial charge >= 0.3 is 0 Å². The maximum absolute atomic E-state index is 13.3. The molecule has 0 N–H and O–H groups in total. The zero-order valence-corrected chi connectivity index (χ0v) is 13.6. The Morgan fingerprint density at radius 1 is 0.920 bits per heavy atom. The molecule has 0 amide bonds. The van der Waals surface area contributed by atoms with E-state index >= 15 is 0 Å². The van der Waals surface area contributed by atoms with Crippen molar-refractivity contribution in [2.24, 2.45) is 0 Å². The monoisotopic (exact) mass is 331 g/mol. The van der Waals surface area contributed by atoms with Crippen LogP contribution in [-0.2, 0) is 0 Å². The van der Waals surface area contributed by atoms with Crippen molar-refractivity contribution in [1.29, 1.82) is 0 Å². The van der Waals surface area contributed by atoms with Gasteiger partial charge in [0, 0.05) is 28.6 Å². The van der Waals surface area contributed by atoms with Crippen molar-refractivity contribution in [2.45, 2.75) is 0 Å². The van der Waals surface area contributed by atoms with Crippen molar-refractivity contribution in [2.75, 3.05) is 14.2 Å². The van der Waals surface area contributed by atoms with E-state index < -0.39 is 0 Å². The number of aromatic nitrogens is 3. The molecule has 6 nitrogen and oxygen atoms in total. The van der Waals surface area contributed by atoms with Gasteiger partial charge in [0.2, 0.25) is 5.88 Å². The number of fused-ring (bicyclic) bond motifs is 5. The molecule has 4 aromatic heterocycles. The van der Waals surface area contributed by atoms with Crippen molar-refractivity contribution in [3.8, 4) is 11.6 Å². The van der Waals surface area contributed by atoms with Crippen LogP contribution in [0.15, 0.2) is 47.5 Å². The van der Waals surface area contributed by atoms with E-state index in [9.17, 15) is 4.79 Å². The average molecular weight is 331 g/mol. The van der Waals surface area contributed by atoms with Crippen LogP contribution in [-0.4, -0.2) is 28.6 Å². The van der Waals surface area contributed by atoms with Gasteiger partial charge in [-0.15, -0.1) is 0 Å².